The van der Waals surface area contributed by atoms with Gasteiger partial charge >= 0.3 is 5.97 Å². The second-order valence-corrected chi connectivity index (χ2v) is 8.20. The SMILES string of the molecule is COC(=O)C=Cc1ccc([N+](=O)[O-])c(CS(=O)(=O)c2cccc3ccccc23)c1. The summed E-state index contributed by atoms with van der Waals surface area (Å²) < 4.78 is 30.7. The van der Waals surface area contributed by atoms with E-state index in [-0.39, 0.29) is 16.1 Å². The van der Waals surface area contributed by atoms with Crippen LogP contribution in [0, 0.1) is 10.1 Å². The molecule has 0 N–H and O–H groups in total. The molecule has 0 atom stereocenters. The highest BCUT2D eigenvalue weighted by Crippen LogP contribution is 2.29. The molecule has 0 aliphatic rings. The van der Waals surface area contributed by atoms with Crippen molar-refractivity contribution in [2.24, 2.45) is 0 Å². The normalized spacial score (nSPS) is 11.6. The zero-order valence-corrected chi connectivity index (χ0v) is 16.3. The average molecular weight is 411 g/mol. The van der Waals surface area contributed by atoms with Gasteiger partial charge in [0.15, 0.2) is 9.84 Å². The van der Waals surface area contributed by atoms with Gasteiger partial charge in [-0.3, -0.25) is 10.1 Å². The summed E-state index contributed by atoms with van der Waals surface area (Å²) in [6.07, 6.45) is 2.56. The molecule has 3 rings (SSSR count). The molecule has 0 amide bonds. The topological polar surface area (TPSA) is 104 Å². The van der Waals surface area contributed by atoms with Crippen LogP contribution in [0.25, 0.3) is 16.8 Å². The lowest BCUT2D eigenvalue weighted by Crippen LogP contribution is -2.08. The predicted molar refractivity (Wildman–Crippen MR) is 109 cm³/mol. The van der Waals surface area contributed by atoms with E-state index in [2.05, 4.69) is 4.74 Å². The zero-order chi connectivity index (χ0) is 21.0. The Bertz CT molecular complexity index is 1230. The van der Waals surface area contributed by atoms with Crippen molar-refractivity contribution in [2.75, 3.05) is 7.11 Å². The number of carbonyl (C=O) groups is 1. The van der Waals surface area contributed by atoms with Crippen LogP contribution < -0.4 is 0 Å². The molecule has 0 spiro atoms. The predicted octanol–water partition coefficient (Wildman–Crippen LogP) is 3.91. The number of benzene rings is 3. The number of rotatable bonds is 6. The first-order valence-corrected chi connectivity index (χ1v) is 10.2. The molecule has 0 aromatic heterocycles. The Kier molecular flexibility index (Phi) is 5.74. The number of nitro groups is 1. The van der Waals surface area contributed by atoms with Crippen LogP contribution in [0.3, 0.4) is 0 Å². The van der Waals surface area contributed by atoms with Gasteiger partial charge in [-0.2, -0.15) is 0 Å². The Hall–Kier alpha value is -3.52. The highest BCUT2D eigenvalue weighted by atomic mass is 32.2. The molecule has 0 saturated carbocycles. The average Bonchev–Trinajstić information content (AvgIpc) is 2.71. The van der Waals surface area contributed by atoms with Gasteiger partial charge in [-0.1, -0.05) is 36.4 Å². The van der Waals surface area contributed by atoms with Crippen LogP contribution in [0.4, 0.5) is 5.69 Å². The first-order valence-electron chi connectivity index (χ1n) is 8.56. The molecule has 0 unspecified atom stereocenters. The number of carbonyl (C=O) groups excluding carboxylic acids is 1. The molecule has 29 heavy (non-hydrogen) atoms. The lowest BCUT2D eigenvalue weighted by Gasteiger charge is -2.09. The fourth-order valence-electron chi connectivity index (χ4n) is 2.98. The van der Waals surface area contributed by atoms with Gasteiger partial charge in [0.05, 0.1) is 22.7 Å². The highest BCUT2D eigenvalue weighted by Gasteiger charge is 2.23. The van der Waals surface area contributed by atoms with Crippen LogP contribution in [-0.4, -0.2) is 26.4 Å². The van der Waals surface area contributed by atoms with Crippen molar-refractivity contribution in [1.29, 1.82) is 0 Å². The van der Waals surface area contributed by atoms with Gasteiger partial charge in [-0.15, -0.1) is 0 Å². The number of esters is 1. The second kappa shape index (κ2) is 8.24. The van der Waals surface area contributed by atoms with E-state index in [0.29, 0.717) is 10.9 Å². The molecule has 148 valence electrons. The number of sulfone groups is 1. The molecule has 0 saturated heterocycles. The minimum atomic E-state index is -3.87. The summed E-state index contributed by atoms with van der Waals surface area (Å²) in [6, 6.07) is 16.0. The van der Waals surface area contributed by atoms with Crippen molar-refractivity contribution >= 4 is 38.3 Å². The first-order chi connectivity index (χ1) is 13.8. The van der Waals surface area contributed by atoms with Gasteiger partial charge in [0, 0.05) is 23.1 Å². The molecule has 0 fully saturated rings. The summed E-state index contributed by atoms with van der Waals surface area (Å²) in [4.78, 5) is 22.2. The number of ether oxygens (including phenoxy) is 1. The Morgan fingerprint density at radius 3 is 2.55 bits per heavy atom. The first kappa shape index (κ1) is 20.2. The molecule has 0 bridgehead atoms. The summed E-state index contributed by atoms with van der Waals surface area (Å²) in [5.74, 6) is -1.13. The van der Waals surface area contributed by atoms with Crippen LogP contribution in [-0.2, 0) is 25.1 Å². The maximum absolute atomic E-state index is 13.1. The number of hydrogen-bond donors (Lipinski definition) is 0. The maximum atomic E-state index is 13.1. The Balaban J connectivity index is 2.06. The van der Waals surface area contributed by atoms with E-state index in [0.717, 1.165) is 11.5 Å². The third kappa shape index (κ3) is 4.49. The second-order valence-electron chi connectivity index (χ2n) is 6.24. The lowest BCUT2D eigenvalue weighted by atomic mass is 10.1. The van der Waals surface area contributed by atoms with Crippen LogP contribution >= 0.6 is 0 Å². The van der Waals surface area contributed by atoms with Crippen molar-refractivity contribution in [3.05, 3.63) is 88.0 Å². The number of fused-ring (bicyclic) bond motifs is 1. The van der Waals surface area contributed by atoms with Gasteiger partial charge in [-0.05, 0) is 35.2 Å². The van der Waals surface area contributed by atoms with E-state index in [1.807, 2.05) is 0 Å². The molecule has 0 aliphatic carbocycles. The van der Waals surface area contributed by atoms with Crippen molar-refractivity contribution in [3.8, 4) is 0 Å². The van der Waals surface area contributed by atoms with Crippen molar-refractivity contribution in [1.82, 2.24) is 0 Å². The summed E-state index contributed by atoms with van der Waals surface area (Å²) in [5, 5.41) is 12.7. The van der Waals surface area contributed by atoms with Crippen LogP contribution in [0.5, 0.6) is 0 Å². The largest absolute Gasteiger partial charge is 0.466 e. The molecular formula is C21H17NO6S. The van der Waals surface area contributed by atoms with Gasteiger partial charge in [0.25, 0.3) is 5.69 Å². The standard InChI is InChI=1S/C21H17NO6S/c1-28-21(23)12-10-15-9-11-19(22(24)25)17(13-15)14-29(26,27)20-8-4-6-16-5-2-3-7-18(16)20/h2-13H,14H2,1H3. The summed E-state index contributed by atoms with van der Waals surface area (Å²) in [5.41, 5.74) is 0.183. The molecule has 8 heteroatoms. The summed E-state index contributed by atoms with van der Waals surface area (Å²) in [6.45, 7) is 0. The van der Waals surface area contributed by atoms with Gasteiger partial charge in [0.1, 0.15) is 0 Å². The number of methoxy groups -OCH3 is 1. The van der Waals surface area contributed by atoms with Gasteiger partial charge < -0.3 is 4.74 Å². The van der Waals surface area contributed by atoms with E-state index < -0.39 is 26.5 Å². The summed E-state index contributed by atoms with van der Waals surface area (Å²) in [7, 11) is -2.64. The van der Waals surface area contributed by atoms with Gasteiger partial charge in [-0.25, -0.2) is 13.2 Å². The van der Waals surface area contributed by atoms with E-state index in [9.17, 15) is 23.3 Å². The lowest BCUT2D eigenvalue weighted by molar-refractivity contribution is -0.385. The third-order valence-electron chi connectivity index (χ3n) is 4.34. The van der Waals surface area contributed by atoms with E-state index in [4.69, 9.17) is 0 Å². The monoisotopic (exact) mass is 411 g/mol. The Morgan fingerprint density at radius 2 is 1.83 bits per heavy atom. The molecule has 3 aromatic rings. The molecule has 3 aromatic carbocycles. The quantitative estimate of drug-likeness (QED) is 0.264. The van der Waals surface area contributed by atoms with Crippen molar-refractivity contribution < 1.29 is 22.9 Å². The minimum Gasteiger partial charge on any atom is -0.466 e. The molecule has 0 aliphatic heterocycles. The minimum absolute atomic E-state index is 0.0370. The highest BCUT2D eigenvalue weighted by molar-refractivity contribution is 7.90. The molecule has 0 radical (unpaired) electrons. The molecule has 7 nitrogen and oxygen atoms in total. The van der Waals surface area contributed by atoms with E-state index in [1.165, 1.54) is 37.5 Å². The number of nitro benzene ring substituents is 1. The summed E-state index contributed by atoms with van der Waals surface area (Å²) >= 11 is 0. The van der Waals surface area contributed by atoms with Crippen LogP contribution in [0.1, 0.15) is 11.1 Å². The molecule has 0 heterocycles. The fraction of sp³-hybridized carbons (Fsp3) is 0.0952. The van der Waals surface area contributed by atoms with Crippen LogP contribution in [0.15, 0.2) is 71.6 Å². The Labute approximate surface area is 167 Å². The van der Waals surface area contributed by atoms with Gasteiger partial charge in [0.2, 0.25) is 0 Å². The smallest absolute Gasteiger partial charge is 0.330 e. The van der Waals surface area contributed by atoms with E-state index >= 15 is 0 Å². The molecular weight excluding hydrogens is 394 g/mol. The zero-order valence-electron chi connectivity index (χ0n) is 15.4. The van der Waals surface area contributed by atoms with Crippen LogP contribution in [0.2, 0.25) is 0 Å². The number of nitrogens with zero attached hydrogens (tertiary/aromatic N) is 1. The Morgan fingerprint density at radius 1 is 1.10 bits per heavy atom. The number of hydrogen-bond acceptors (Lipinski definition) is 6. The van der Waals surface area contributed by atoms with Crippen molar-refractivity contribution in [2.45, 2.75) is 10.6 Å². The van der Waals surface area contributed by atoms with E-state index in [1.54, 1.807) is 36.4 Å². The fourth-order valence-corrected chi connectivity index (χ4v) is 4.59. The van der Waals surface area contributed by atoms with Crippen molar-refractivity contribution in [3.63, 3.8) is 0 Å². The third-order valence-corrected chi connectivity index (χ3v) is 6.06. The maximum Gasteiger partial charge on any atom is 0.330 e.